The summed E-state index contributed by atoms with van der Waals surface area (Å²) in [7, 11) is 0. The van der Waals surface area contributed by atoms with Gasteiger partial charge in [0.2, 0.25) is 11.8 Å². The van der Waals surface area contributed by atoms with Gasteiger partial charge in [-0.2, -0.15) is 0 Å². The zero-order valence-corrected chi connectivity index (χ0v) is 22.6. The minimum absolute atomic E-state index is 0.0614. The van der Waals surface area contributed by atoms with E-state index in [1.807, 2.05) is 44.2 Å². The van der Waals surface area contributed by atoms with Crippen LogP contribution in [-0.2, 0) is 35.4 Å². The number of nitrogens with one attached hydrogen (secondary N) is 1. The first-order valence-electron chi connectivity index (χ1n) is 12.4. The van der Waals surface area contributed by atoms with Gasteiger partial charge in [-0.15, -0.1) is 0 Å². The van der Waals surface area contributed by atoms with Crippen LogP contribution in [0.1, 0.15) is 49.4 Å². The molecule has 1 N–H and O–H groups in total. The number of carbonyl (C=O) groups is 2. The molecular formula is C30H34Cl2N2O2. The third-order valence-corrected chi connectivity index (χ3v) is 6.86. The van der Waals surface area contributed by atoms with E-state index in [1.165, 1.54) is 5.56 Å². The van der Waals surface area contributed by atoms with Crippen molar-refractivity contribution in [2.75, 3.05) is 0 Å². The molecule has 0 aliphatic carbocycles. The SMILES string of the molecule is CCc1ccc(CCC(=O)N(Cc2c(Cl)cccc2Cl)C(Cc2ccccc2)C(=O)NC(C)C)cc1. The zero-order valence-electron chi connectivity index (χ0n) is 21.1. The molecular weight excluding hydrogens is 491 g/mol. The lowest BCUT2D eigenvalue weighted by Crippen LogP contribution is -2.51. The third-order valence-electron chi connectivity index (χ3n) is 6.15. The van der Waals surface area contributed by atoms with Crippen molar-refractivity contribution in [2.24, 2.45) is 0 Å². The lowest BCUT2D eigenvalue weighted by atomic mass is 10.0. The number of halogens is 2. The lowest BCUT2D eigenvalue weighted by Gasteiger charge is -2.32. The highest BCUT2D eigenvalue weighted by molar-refractivity contribution is 6.36. The summed E-state index contributed by atoms with van der Waals surface area (Å²) in [4.78, 5) is 28.8. The van der Waals surface area contributed by atoms with Crippen LogP contribution in [0.4, 0.5) is 0 Å². The van der Waals surface area contributed by atoms with Crippen LogP contribution in [0, 0.1) is 0 Å². The molecule has 6 heteroatoms. The predicted molar refractivity (Wildman–Crippen MR) is 148 cm³/mol. The normalized spacial score (nSPS) is 11.8. The first-order chi connectivity index (χ1) is 17.3. The van der Waals surface area contributed by atoms with Gasteiger partial charge in [-0.1, -0.05) is 90.8 Å². The Kier molecular flexibility index (Phi) is 10.4. The van der Waals surface area contributed by atoms with Crippen molar-refractivity contribution in [3.63, 3.8) is 0 Å². The van der Waals surface area contributed by atoms with E-state index in [9.17, 15) is 9.59 Å². The maximum atomic E-state index is 13.7. The van der Waals surface area contributed by atoms with E-state index in [4.69, 9.17) is 23.2 Å². The molecule has 0 saturated carbocycles. The molecule has 0 spiro atoms. The van der Waals surface area contributed by atoms with E-state index in [1.54, 1.807) is 23.1 Å². The molecule has 3 aromatic rings. The second kappa shape index (κ2) is 13.5. The molecule has 190 valence electrons. The van der Waals surface area contributed by atoms with E-state index < -0.39 is 6.04 Å². The molecule has 0 radical (unpaired) electrons. The number of carbonyl (C=O) groups excluding carboxylic acids is 2. The largest absolute Gasteiger partial charge is 0.352 e. The summed E-state index contributed by atoms with van der Waals surface area (Å²) < 4.78 is 0. The van der Waals surface area contributed by atoms with Crippen LogP contribution in [0.3, 0.4) is 0 Å². The third kappa shape index (κ3) is 7.84. The minimum Gasteiger partial charge on any atom is -0.352 e. The van der Waals surface area contributed by atoms with Gasteiger partial charge in [-0.3, -0.25) is 9.59 Å². The summed E-state index contributed by atoms with van der Waals surface area (Å²) in [5.41, 5.74) is 3.95. The standard InChI is InChI=1S/C30H34Cl2N2O2/c1-4-22-13-15-23(16-14-22)17-18-29(35)34(20-25-26(31)11-8-12-27(25)32)28(30(36)33-21(2)3)19-24-9-6-5-7-10-24/h5-16,21,28H,4,17-20H2,1-3H3,(H,33,36). The van der Waals surface area contributed by atoms with Crippen LogP contribution < -0.4 is 5.32 Å². The van der Waals surface area contributed by atoms with Gasteiger partial charge in [0.15, 0.2) is 0 Å². The Hall–Kier alpha value is -2.82. The van der Waals surface area contributed by atoms with Gasteiger partial charge in [-0.05, 0) is 55.5 Å². The monoisotopic (exact) mass is 524 g/mol. The maximum absolute atomic E-state index is 13.7. The zero-order chi connectivity index (χ0) is 26.1. The van der Waals surface area contributed by atoms with Gasteiger partial charge in [-0.25, -0.2) is 0 Å². The molecule has 0 aliphatic heterocycles. The Morgan fingerprint density at radius 1 is 0.833 bits per heavy atom. The Balaban J connectivity index is 1.93. The van der Waals surface area contributed by atoms with Crippen molar-refractivity contribution >= 4 is 35.0 Å². The van der Waals surface area contributed by atoms with Gasteiger partial charge in [0.05, 0.1) is 0 Å². The van der Waals surface area contributed by atoms with Crippen molar-refractivity contribution < 1.29 is 9.59 Å². The first-order valence-corrected chi connectivity index (χ1v) is 13.2. The number of hydrogen-bond donors (Lipinski definition) is 1. The average Bonchev–Trinajstić information content (AvgIpc) is 2.86. The predicted octanol–water partition coefficient (Wildman–Crippen LogP) is 6.65. The molecule has 0 fully saturated rings. The van der Waals surface area contributed by atoms with Crippen molar-refractivity contribution in [1.82, 2.24) is 10.2 Å². The number of aryl methyl sites for hydroxylation is 2. The quantitative estimate of drug-likeness (QED) is 0.305. The fourth-order valence-corrected chi connectivity index (χ4v) is 4.64. The Labute approximate surface area is 224 Å². The Bertz CT molecular complexity index is 1130. The fraction of sp³-hybridized carbons (Fsp3) is 0.333. The van der Waals surface area contributed by atoms with Crippen LogP contribution in [0.2, 0.25) is 10.0 Å². The second-order valence-electron chi connectivity index (χ2n) is 9.26. The molecule has 0 aliphatic rings. The lowest BCUT2D eigenvalue weighted by molar-refractivity contribution is -0.141. The van der Waals surface area contributed by atoms with Gasteiger partial charge in [0.25, 0.3) is 0 Å². The van der Waals surface area contributed by atoms with E-state index >= 15 is 0 Å². The van der Waals surface area contributed by atoms with E-state index in [-0.39, 0.29) is 30.8 Å². The first kappa shape index (κ1) is 27.8. The highest BCUT2D eigenvalue weighted by Gasteiger charge is 2.31. The van der Waals surface area contributed by atoms with Crippen molar-refractivity contribution in [1.29, 1.82) is 0 Å². The second-order valence-corrected chi connectivity index (χ2v) is 10.1. The Morgan fingerprint density at radius 3 is 2.03 bits per heavy atom. The number of nitrogens with zero attached hydrogens (tertiary/aromatic N) is 1. The van der Waals surface area contributed by atoms with E-state index in [0.717, 1.165) is 17.5 Å². The molecule has 3 aromatic carbocycles. The van der Waals surface area contributed by atoms with Crippen molar-refractivity contribution in [3.05, 3.63) is 105 Å². The molecule has 0 heterocycles. The van der Waals surface area contributed by atoms with Gasteiger partial charge < -0.3 is 10.2 Å². The van der Waals surface area contributed by atoms with Crippen LogP contribution in [-0.4, -0.2) is 28.8 Å². The summed E-state index contributed by atoms with van der Waals surface area (Å²) >= 11 is 13.0. The summed E-state index contributed by atoms with van der Waals surface area (Å²) in [5, 5.41) is 3.94. The average molecular weight is 526 g/mol. The molecule has 3 rings (SSSR count). The highest BCUT2D eigenvalue weighted by atomic mass is 35.5. The van der Waals surface area contributed by atoms with Gasteiger partial charge >= 0.3 is 0 Å². The molecule has 36 heavy (non-hydrogen) atoms. The van der Waals surface area contributed by atoms with Crippen molar-refractivity contribution in [2.45, 2.75) is 65.1 Å². The number of rotatable bonds is 11. The fourth-order valence-electron chi connectivity index (χ4n) is 4.12. The van der Waals surface area contributed by atoms with E-state index in [0.29, 0.717) is 28.5 Å². The van der Waals surface area contributed by atoms with Gasteiger partial charge in [0.1, 0.15) is 6.04 Å². The molecule has 0 bridgehead atoms. The number of amides is 2. The topological polar surface area (TPSA) is 49.4 Å². The smallest absolute Gasteiger partial charge is 0.243 e. The molecule has 4 nitrogen and oxygen atoms in total. The van der Waals surface area contributed by atoms with Crippen LogP contribution >= 0.6 is 23.2 Å². The molecule has 0 aromatic heterocycles. The van der Waals surface area contributed by atoms with Crippen LogP contribution in [0.5, 0.6) is 0 Å². The minimum atomic E-state index is -0.711. The van der Waals surface area contributed by atoms with Crippen LogP contribution in [0.15, 0.2) is 72.8 Å². The van der Waals surface area contributed by atoms with Gasteiger partial charge in [0, 0.05) is 41.0 Å². The number of benzene rings is 3. The molecule has 0 saturated heterocycles. The van der Waals surface area contributed by atoms with Crippen LogP contribution in [0.25, 0.3) is 0 Å². The number of hydrogen-bond acceptors (Lipinski definition) is 2. The molecule has 1 unspecified atom stereocenters. The van der Waals surface area contributed by atoms with Crippen molar-refractivity contribution in [3.8, 4) is 0 Å². The summed E-state index contributed by atoms with van der Waals surface area (Å²) in [6.07, 6.45) is 2.21. The highest BCUT2D eigenvalue weighted by Crippen LogP contribution is 2.27. The molecule has 1 atom stereocenters. The Morgan fingerprint density at radius 2 is 1.44 bits per heavy atom. The molecule has 2 amide bonds. The summed E-state index contributed by atoms with van der Waals surface area (Å²) in [6, 6.07) is 22.6. The van der Waals surface area contributed by atoms with E-state index in [2.05, 4.69) is 36.5 Å². The summed E-state index contributed by atoms with van der Waals surface area (Å²) in [6.45, 7) is 6.09. The maximum Gasteiger partial charge on any atom is 0.243 e. The summed E-state index contributed by atoms with van der Waals surface area (Å²) in [5.74, 6) is -0.317.